The number of carbonyl (C=O) groups is 1. The van der Waals surface area contributed by atoms with Gasteiger partial charge in [-0.15, -0.1) is 0 Å². The Morgan fingerprint density at radius 2 is 2.00 bits per heavy atom. The lowest BCUT2D eigenvalue weighted by molar-refractivity contribution is -0.119. The number of nitrogens with one attached hydrogen (secondary N) is 2. The van der Waals surface area contributed by atoms with Gasteiger partial charge in [-0.25, -0.2) is 9.97 Å². The highest BCUT2D eigenvalue weighted by Crippen LogP contribution is 2.17. The van der Waals surface area contributed by atoms with Crippen molar-refractivity contribution in [3.63, 3.8) is 0 Å². The van der Waals surface area contributed by atoms with Crippen LogP contribution in [-0.4, -0.2) is 45.8 Å². The molecule has 0 aliphatic heterocycles. The minimum Gasteiger partial charge on any atom is -0.390 e. The Bertz CT molecular complexity index is 382. The third-order valence-corrected chi connectivity index (χ3v) is 2.42. The molecular formula is C11H18N4O3. The molecule has 0 radical (unpaired) electrons. The van der Waals surface area contributed by atoms with Crippen molar-refractivity contribution < 1.29 is 15.0 Å². The summed E-state index contributed by atoms with van der Waals surface area (Å²) in [5.41, 5.74) is 0.435. The lowest BCUT2D eigenvalue weighted by Crippen LogP contribution is -2.27. The smallest absolute Gasteiger partial charge is 0.222 e. The monoisotopic (exact) mass is 254 g/mol. The number of aliphatic hydroxyl groups excluding tert-OH is 2. The third-order valence-electron chi connectivity index (χ3n) is 2.42. The molecule has 4 N–H and O–H groups in total. The number of amides is 1. The molecule has 18 heavy (non-hydrogen) atoms. The maximum absolute atomic E-state index is 10.7. The van der Waals surface area contributed by atoms with Crippen LogP contribution in [0.4, 0.5) is 5.95 Å². The molecule has 0 saturated carbocycles. The first-order valence-electron chi connectivity index (χ1n) is 5.65. The zero-order chi connectivity index (χ0) is 13.5. The Hall–Kier alpha value is -1.73. The Balaban J connectivity index is 2.51. The van der Waals surface area contributed by atoms with Gasteiger partial charge in [-0.3, -0.25) is 4.79 Å². The number of nitrogens with zero attached hydrogens (tertiary/aromatic N) is 2. The number of carbonyl (C=O) groups excluding carboxylic acids is 1. The predicted molar refractivity (Wildman–Crippen MR) is 65.8 cm³/mol. The molecule has 0 saturated heterocycles. The van der Waals surface area contributed by atoms with Crippen LogP contribution in [0.25, 0.3) is 0 Å². The van der Waals surface area contributed by atoms with Crippen LogP contribution in [0.2, 0.25) is 0 Å². The summed E-state index contributed by atoms with van der Waals surface area (Å²) in [6.45, 7) is 1.70. The molecule has 1 amide bonds. The molecule has 7 nitrogen and oxygen atoms in total. The normalized spacial score (nSPS) is 13.8. The highest BCUT2D eigenvalue weighted by molar-refractivity contribution is 5.72. The van der Waals surface area contributed by atoms with Gasteiger partial charge in [0, 0.05) is 38.5 Å². The zero-order valence-corrected chi connectivity index (χ0v) is 10.4. The van der Waals surface area contributed by atoms with Gasteiger partial charge in [-0.05, 0) is 6.42 Å². The maximum Gasteiger partial charge on any atom is 0.222 e. The second kappa shape index (κ2) is 6.87. The molecule has 1 rings (SSSR count). The molecule has 0 fully saturated rings. The van der Waals surface area contributed by atoms with Crippen LogP contribution in [0.1, 0.15) is 25.0 Å². The van der Waals surface area contributed by atoms with Crippen molar-refractivity contribution in [2.75, 3.05) is 18.9 Å². The van der Waals surface area contributed by atoms with Crippen molar-refractivity contribution in [3.8, 4) is 0 Å². The lowest BCUT2D eigenvalue weighted by atomic mass is 10.1. The van der Waals surface area contributed by atoms with E-state index in [1.54, 1.807) is 7.05 Å². The Kier molecular flexibility index (Phi) is 5.47. The molecule has 0 aliphatic carbocycles. The van der Waals surface area contributed by atoms with Crippen LogP contribution < -0.4 is 10.6 Å². The van der Waals surface area contributed by atoms with Gasteiger partial charge in [0.2, 0.25) is 11.9 Å². The van der Waals surface area contributed by atoms with Crippen molar-refractivity contribution in [1.29, 1.82) is 0 Å². The minimum absolute atomic E-state index is 0.168. The van der Waals surface area contributed by atoms with Crippen molar-refractivity contribution in [2.45, 2.75) is 25.6 Å². The summed E-state index contributed by atoms with van der Waals surface area (Å²) < 4.78 is 0. The third kappa shape index (κ3) is 4.27. The largest absolute Gasteiger partial charge is 0.390 e. The molecule has 1 aromatic rings. The molecule has 100 valence electrons. The number of hydrogen-bond donors (Lipinski definition) is 4. The fraction of sp³-hybridized carbons (Fsp3) is 0.545. The van der Waals surface area contributed by atoms with Gasteiger partial charge < -0.3 is 20.8 Å². The standard InChI is InChI=1S/C11H18N4O3/c1-7(16)13-4-3-9(17)10(18)8-5-14-11(12-2)15-6-8/h5-6,9-10,17-18H,3-4H2,1-2H3,(H,13,16)(H,12,14,15). The van der Waals surface area contributed by atoms with E-state index in [4.69, 9.17) is 0 Å². The second-order valence-corrected chi connectivity index (χ2v) is 3.87. The fourth-order valence-corrected chi connectivity index (χ4v) is 1.40. The SMILES string of the molecule is CNc1ncc(C(O)C(O)CCNC(C)=O)cn1. The van der Waals surface area contributed by atoms with E-state index >= 15 is 0 Å². The topological polar surface area (TPSA) is 107 Å². The highest BCUT2D eigenvalue weighted by Gasteiger charge is 2.18. The Morgan fingerprint density at radius 1 is 1.39 bits per heavy atom. The van der Waals surface area contributed by atoms with Gasteiger partial charge in [0.05, 0.1) is 6.10 Å². The van der Waals surface area contributed by atoms with Crippen molar-refractivity contribution in [3.05, 3.63) is 18.0 Å². The summed E-state index contributed by atoms with van der Waals surface area (Å²) >= 11 is 0. The van der Waals surface area contributed by atoms with E-state index in [0.717, 1.165) is 0 Å². The van der Waals surface area contributed by atoms with E-state index in [-0.39, 0.29) is 12.3 Å². The lowest BCUT2D eigenvalue weighted by Gasteiger charge is -2.17. The van der Waals surface area contributed by atoms with E-state index in [2.05, 4.69) is 20.6 Å². The van der Waals surface area contributed by atoms with E-state index in [0.29, 0.717) is 18.1 Å². The van der Waals surface area contributed by atoms with Gasteiger partial charge >= 0.3 is 0 Å². The quantitative estimate of drug-likeness (QED) is 0.542. The van der Waals surface area contributed by atoms with Gasteiger partial charge in [0.15, 0.2) is 0 Å². The summed E-state index contributed by atoms with van der Waals surface area (Å²) in [7, 11) is 1.69. The predicted octanol–water partition coefficient (Wildman–Crippen LogP) is -0.561. The summed E-state index contributed by atoms with van der Waals surface area (Å²) in [4.78, 5) is 18.5. The maximum atomic E-state index is 10.7. The van der Waals surface area contributed by atoms with Gasteiger partial charge in [0.1, 0.15) is 6.10 Å². The van der Waals surface area contributed by atoms with Crippen LogP contribution in [-0.2, 0) is 4.79 Å². The number of aromatic nitrogens is 2. The van der Waals surface area contributed by atoms with Crippen LogP contribution in [0.5, 0.6) is 0 Å². The molecule has 2 unspecified atom stereocenters. The van der Waals surface area contributed by atoms with Gasteiger partial charge in [-0.1, -0.05) is 0 Å². The second-order valence-electron chi connectivity index (χ2n) is 3.87. The Morgan fingerprint density at radius 3 is 2.50 bits per heavy atom. The molecular weight excluding hydrogens is 236 g/mol. The first-order valence-corrected chi connectivity index (χ1v) is 5.65. The molecule has 2 atom stereocenters. The zero-order valence-electron chi connectivity index (χ0n) is 10.4. The van der Waals surface area contributed by atoms with Crippen LogP contribution in [0, 0.1) is 0 Å². The number of anilines is 1. The van der Waals surface area contributed by atoms with Gasteiger partial charge in [0.25, 0.3) is 0 Å². The van der Waals surface area contributed by atoms with Crippen LogP contribution >= 0.6 is 0 Å². The average molecular weight is 254 g/mol. The van der Waals surface area contributed by atoms with E-state index < -0.39 is 12.2 Å². The van der Waals surface area contributed by atoms with Crippen LogP contribution in [0.3, 0.4) is 0 Å². The summed E-state index contributed by atoms with van der Waals surface area (Å²) in [6.07, 6.45) is 1.12. The molecule has 0 aromatic carbocycles. The minimum atomic E-state index is -1.07. The first kappa shape index (κ1) is 14.3. The number of hydrogen-bond acceptors (Lipinski definition) is 6. The van der Waals surface area contributed by atoms with Crippen LogP contribution in [0.15, 0.2) is 12.4 Å². The molecule has 1 aromatic heterocycles. The molecule has 0 aliphatic rings. The number of aliphatic hydroxyl groups is 2. The summed E-state index contributed by atoms with van der Waals surface area (Å²) in [5, 5.41) is 24.9. The van der Waals surface area contributed by atoms with Crippen molar-refractivity contribution in [1.82, 2.24) is 15.3 Å². The van der Waals surface area contributed by atoms with E-state index in [1.807, 2.05) is 0 Å². The van der Waals surface area contributed by atoms with E-state index in [9.17, 15) is 15.0 Å². The van der Waals surface area contributed by atoms with Gasteiger partial charge in [-0.2, -0.15) is 0 Å². The van der Waals surface area contributed by atoms with E-state index in [1.165, 1.54) is 19.3 Å². The highest BCUT2D eigenvalue weighted by atomic mass is 16.3. The summed E-state index contributed by atoms with van der Waals surface area (Å²) in [6, 6.07) is 0. The Labute approximate surface area is 105 Å². The average Bonchev–Trinajstić information content (AvgIpc) is 2.37. The summed E-state index contributed by atoms with van der Waals surface area (Å²) in [5.74, 6) is 0.275. The molecule has 0 bridgehead atoms. The number of rotatable bonds is 6. The van der Waals surface area contributed by atoms with Crippen molar-refractivity contribution >= 4 is 11.9 Å². The fourth-order valence-electron chi connectivity index (χ4n) is 1.40. The molecule has 7 heteroatoms. The molecule has 1 heterocycles. The first-order chi connectivity index (χ1) is 8.54. The van der Waals surface area contributed by atoms with Crippen molar-refractivity contribution in [2.24, 2.45) is 0 Å². The molecule has 0 spiro atoms.